The molecule has 0 saturated heterocycles. The summed E-state index contributed by atoms with van der Waals surface area (Å²) in [5.41, 5.74) is 1.45. The smallest absolute Gasteiger partial charge is 0.0546 e. The third-order valence-electron chi connectivity index (χ3n) is 3.70. The van der Waals surface area contributed by atoms with Gasteiger partial charge >= 0.3 is 0 Å². The van der Waals surface area contributed by atoms with Crippen molar-refractivity contribution in [3.63, 3.8) is 0 Å². The molecule has 0 rings (SSSR count). The summed E-state index contributed by atoms with van der Waals surface area (Å²) in [5.74, 6) is 0.945. The van der Waals surface area contributed by atoms with Gasteiger partial charge in [-0.2, -0.15) is 0 Å². The molecule has 1 N–H and O–H groups in total. The lowest BCUT2D eigenvalue weighted by atomic mass is 9.93. The molecule has 0 saturated carbocycles. The molecule has 0 bridgehead atoms. The van der Waals surface area contributed by atoms with Crippen LogP contribution in [-0.4, -0.2) is 11.2 Å². The lowest BCUT2D eigenvalue weighted by Crippen LogP contribution is -1.98. The zero-order valence-electron chi connectivity index (χ0n) is 13.5. The lowest BCUT2D eigenvalue weighted by Gasteiger charge is -2.13. The fourth-order valence-electron chi connectivity index (χ4n) is 2.39. The molecule has 0 aliphatic carbocycles. The molecule has 2 unspecified atom stereocenters. The Morgan fingerprint density at radius 1 is 1.16 bits per heavy atom. The van der Waals surface area contributed by atoms with Crippen LogP contribution in [0.3, 0.4) is 0 Å². The molecule has 0 aromatic carbocycles. The maximum atomic E-state index is 9.14. The predicted molar refractivity (Wildman–Crippen MR) is 86.4 cm³/mol. The molecular weight excluding hydrogens is 232 g/mol. The maximum absolute atomic E-state index is 9.14. The second-order valence-electron chi connectivity index (χ2n) is 5.83. The summed E-state index contributed by atoms with van der Waals surface area (Å²) in [4.78, 5) is 0. The quantitative estimate of drug-likeness (QED) is 0.378. The van der Waals surface area contributed by atoms with Crippen LogP contribution in [0.15, 0.2) is 23.8 Å². The van der Waals surface area contributed by atoms with Crippen LogP contribution in [0.4, 0.5) is 0 Å². The SMILES string of the molecule is CCCC(CC)CCCCC(C)=CC=CCC(C)O. The summed E-state index contributed by atoms with van der Waals surface area (Å²) in [6, 6.07) is 0. The third kappa shape index (κ3) is 12.2. The van der Waals surface area contributed by atoms with Gasteiger partial charge in [-0.05, 0) is 39.0 Å². The Bertz CT molecular complexity index is 250. The standard InChI is InChI=1S/C18H34O/c1-5-11-18(6-2)15-10-8-13-16(3)12-7-9-14-17(4)19/h7,9,12,17-19H,5-6,8,10-11,13-15H2,1-4H3. The van der Waals surface area contributed by atoms with Crippen molar-refractivity contribution in [3.8, 4) is 0 Å². The molecule has 112 valence electrons. The minimum Gasteiger partial charge on any atom is -0.393 e. The second kappa shape index (κ2) is 12.5. The van der Waals surface area contributed by atoms with Gasteiger partial charge in [-0.25, -0.2) is 0 Å². The number of hydrogen-bond donors (Lipinski definition) is 1. The predicted octanol–water partition coefficient (Wildman–Crippen LogP) is 5.65. The van der Waals surface area contributed by atoms with E-state index in [1.54, 1.807) is 0 Å². The molecule has 0 heterocycles. The fraction of sp³-hybridized carbons (Fsp3) is 0.778. The molecular formula is C18H34O. The highest BCUT2D eigenvalue weighted by atomic mass is 16.3. The Kier molecular flexibility index (Phi) is 12.1. The lowest BCUT2D eigenvalue weighted by molar-refractivity contribution is 0.198. The Balaban J connectivity index is 3.69. The van der Waals surface area contributed by atoms with Gasteiger partial charge in [0.25, 0.3) is 0 Å². The van der Waals surface area contributed by atoms with E-state index in [1.165, 1.54) is 50.5 Å². The molecule has 0 radical (unpaired) electrons. The van der Waals surface area contributed by atoms with Crippen LogP contribution in [0.1, 0.15) is 79.1 Å². The molecule has 0 aliphatic heterocycles. The van der Waals surface area contributed by atoms with Crippen molar-refractivity contribution in [2.45, 2.75) is 85.2 Å². The molecule has 0 aromatic rings. The van der Waals surface area contributed by atoms with E-state index in [0.29, 0.717) is 0 Å². The fourth-order valence-corrected chi connectivity index (χ4v) is 2.39. The van der Waals surface area contributed by atoms with Gasteiger partial charge in [0.05, 0.1) is 6.10 Å². The van der Waals surface area contributed by atoms with Gasteiger partial charge in [-0.1, -0.05) is 69.8 Å². The number of rotatable bonds is 11. The van der Waals surface area contributed by atoms with Crippen LogP contribution in [0.5, 0.6) is 0 Å². The van der Waals surface area contributed by atoms with E-state index in [9.17, 15) is 0 Å². The number of aliphatic hydroxyl groups excluding tert-OH is 1. The summed E-state index contributed by atoms with van der Waals surface area (Å²) in [6.07, 6.45) is 16.2. The first kappa shape index (κ1) is 18.4. The van der Waals surface area contributed by atoms with E-state index in [-0.39, 0.29) is 6.10 Å². The highest BCUT2D eigenvalue weighted by Crippen LogP contribution is 2.19. The summed E-state index contributed by atoms with van der Waals surface area (Å²) in [5, 5.41) is 9.14. The van der Waals surface area contributed by atoms with Crippen LogP contribution in [0, 0.1) is 5.92 Å². The van der Waals surface area contributed by atoms with Crippen molar-refractivity contribution in [2.24, 2.45) is 5.92 Å². The Labute approximate surface area is 120 Å². The monoisotopic (exact) mass is 266 g/mol. The van der Waals surface area contributed by atoms with Gasteiger partial charge in [0, 0.05) is 0 Å². The van der Waals surface area contributed by atoms with Gasteiger partial charge in [-0.3, -0.25) is 0 Å². The van der Waals surface area contributed by atoms with E-state index in [1.807, 2.05) is 13.0 Å². The van der Waals surface area contributed by atoms with E-state index < -0.39 is 0 Å². The van der Waals surface area contributed by atoms with Gasteiger partial charge in [-0.15, -0.1) is 0 Å². The van der Waals surface area contributed by atoms with Crippen LogP contribution >= 0.6 is 0 Å². The van der Waals surface area contributed by atoms with E-state index in [4.69, 9.17) is 5.11 Å². The Morgan fingerprint density at radius 2 is 1.89 bits per heavy atom. The van der Waals surface area contributed by atoms with Crippen LogP contribution < -0.4 is 0 Å². The number of allylic oxidation sites excluding steroid dienone is 3. The summed E-state index contributed by atoms with van der Waals surface area (Å²) in [6.45, 7) is 8.63. The minimum absolute atomic E-state index is 0.227. The number of unbranched alkanes of at least 4 members (excludes halogenated alkanes) is 1. The first-order valence-electron chi connectivity index (χ1n) is 8.10. The molecule has 1 nitrogen and oxygen atoms in total. The average molecular weight is 266 g/mol. The van der Waals surface area contributed by atoms with Gasteiger partial charge in [0.2, 0.25) is 0 Å². The Morgan fingerprint density at radius 3 is 2.47 bits per heavy atom. The van der Waals surface area contributed by atoms with Crippen molar-refractivity contribution in [1.29, 1.82) is 0 Å². The molecule has 19 heavy (non-hydrogen) atoms. The van der Waals surface area contributed by atoms with Crippen molar-refractivity contribution in [1.82, 2.24) is 0 Å². The normalized spacial score (nSPS) is 15.9. The van der Waals surface area contributed by atoms with Crippen LogP contribution in [0.25, 0.3) is 0 Å². The molecule has 1 heteroatoms. The number of hydrogen-bond acceptors (Lipinski definition) is 1. The van der Waals surface area contributed by atoms with Gasteiger partial charge in [0.15, 0.2) is 0 Å². The van der Waals surface area contributed by atoms with Gasteiger partial charge < -0.3 is 5.11 Å². The molecule has 2 atom stereocenters. The van der Waals surface area contributed by atoms with Crippen LogP contribution in [-0.2, 0) is 0 Å². The summed E-state index contributed by atoms with van der Waals surface area (Å²) >= 11 is 0. The van der Waals surface area contributed by atoms with Gasteiger partial charge in [0.1, 0.15) is 0 Å². The highest BCUT2D eigenvalue weighted by Gasteiger charge is 2.04. The maximum Gasteiger partial charge on any atom is 0.0546 e. The van der Waals surface area contributed by atoms with Crippen LogP contribution in [0.2, 0.25) is 0 Å². The molecule has 0 aliphatic rings. The van der Waals surface area contributed by atoms with Crippen molar-refractivity contribution in [2.75, 3.05) is 0 Å². The van der Waals surface area contributed by atoms with Crippen molar-refractivity contribution in [3.05, 3.63) is 23.8 Å². The average Bonchev–Trinajstić information content (AvgIpc) is 2.38. The van der Waals surface area contributed by atoms with E-state index in [0.717, 1.165) is 12.3 Å². The molecule has 0 fully saturated rings. The van der Waals surface area contributed by atoms with E-state index >= 15 is 0 Å². The minimum atomic E-state index is -0.227. The van der Waals surface area contributed by atoms with Crippen molar-refractivity contribution >= 4 is 0 Å². The number of aliphatic hydroxyl groups is 1. The largest absolute Gasteiger partial charge is 0.393 e. The third-order valence-corrected chi connectivity index (χ3v) is 3.70. The zero-order chi connectivity index (χ0) is 14.5. The first-order valence-corrected chi connectivity index (χ1v) is 8.10. The highest BCUT2D eigenvalue weighted by molar-refractivity contribution is 5.10. The molecule has 0 spiro atoms. The Hall–Kier alpha value is -0.560. The summed E-state index contributed by atoms with van der Waals surface area (Å²) < 4.78 is 0. The summed E-state index contributed by atoms with van der Waals surface area (Å²) in [7, 11) is 0. The topological polar surface area (TPSA) is 20.2 Å². The first-order chi connectivity index (χ1) is 9.10. The molecule has 0 aromatic heterocycles. The second-order valence-corrected chi connectivity index (χ2v) is 5.83. The molecule has 0 amide bonds. The van der Waals surface area contributed by atoms with Crippen molar-refractivity contribution < 1.29 is 5.11 Å². The zero-order valence-corrected chi connectivity index (χ0v) is 13.5. The van der Waals surface area contributed by atoms with E-state index in [2.05, 4.69) is 32.9 Å².